The normalized spacial score (nSPS) is 22.5. The summed E-state index contributed by atoms with van der Waals surface area (Å²) in [4.78, 5) is 2.69. The number of hydrogen-bond acceptors (Lipinski definition) is 2. The zero-order valence-electron chi connectivity index (χ0n) is 18.1. The number of nitrogens with zero attached hydrogens (tertiary/aromatic N) is 1. The van der Waals surface area contributed by atoms with Crippen LogP contribution in [-0.4, -0.2) is 31.6 Å². The predicted octanol–water partition coefficient (Wildman–Crippen LogP) is 6.39. The molecular weight excluding hydrogens is 318 g/mol. The molecule has 2 aliphatic rings. The van der Waals surface area contributed by atoms with Gasteiger partial charge >= 0.3 is 0 Å². The molecular formula is C24H41NO. The second-order valence-corrected chi connectivity index (χ2v) is 8.53. The standard InChI is InChI=1S/C22H35NO.C2H6/c1-5-6-7-12-23-13-10-17(11-14-23)20-16-22(2,3)21-9-8-18(24-4)15-19(20)21;1-2/h8-9,15,17,20H,5-7,10-14,16H2,1-4H3;1-2H3. The Morgan fingerprint density at radius 2 is 1.81 bits per heavy atom. The quantitative estimate of drug-likeness (QED) is 0.546. The Morgan fingerprint density at radius 3 is 2.42 bits per heavy atom. The summed E-state index contributed by atoms with van der Waals surface area (Å²) in [5, 5.41) is 0. The molecule has 1 aromatic rings. The van der Waals surface area contributed by atoms with E-state index in [-0.39, 0.29) is 0 Å². The van der Waals surface area contributed by atoms with Crippen molar-refractivity contribution in [1.29, 1.82) is 0 Å². The lowest BCUT2D eigenvalue weighted by atomic mass is 9.79. The SMILES string of the molecule is CC.CCCCCN1CCC(C2CC(C)(C)c3ccc(OC)cc32)CC1. The van der Waals surface area contributed by atoms with Gasteiger partial charge in [-0.2, -0.15) is 0 Å². The van der Waals surface area contributed by atoms with Crippen LogP contribution in [0, 0.1) is 5.92 Å². The first kappa shape index (κ1) is 21.3. The van der Waals surface area contributed by atoms with Gasteiger partial charge in [-0.3, -0.25) is 0 Å². The lowest BCUT2D eigenvalue weighted by molar-refractivity contribution is 0.161. The first-order chi connectivity index (χ1) is 12.5. The molecule has 0 bridgehead atoms. The predicted molar refractivity (Wildman–Crippen MR) is 113 cm³/mol. The van der Waals surface area contributed by atoms with Crippen molar-refractivity contribution in [3.63, 3.8) is 0 Å². The van der Waals surface area contributed by atoms with Crippen LogP contribution in [0.2, 0.25) is 0 Å². The van der Waals surface area contributed by atoms with E-state index in [1.165, 1.54) is 58.2 Å². The minimum absolute atomic E-state index is 0.310. The van der Waals surface area contributed by atoms with Gasteiger partial charge in [-0.15, -0.1) is 0 Å². The number of methoxy groups -OCH3 is 1. The minimum atomic E-state index is 0.310. The number of unbranched alkanes of at least 4 members (excludes halogenated alkanes) is 2. The first-order valence-corrected chi connectivity index (χ1v) is 11.0. The first-order valence-electron chi connectivity index (χ1n) is 11.0. The van der Waals surface area contributed by atoms with Crippen LogP contribution in [0.4, 0.5) is 0 Å². The highest BCUT2D eigenvalue weighted by molar-refractivity contribution is 5.46. The molecule has 1 aliphatic carbocycles. The van der Waals surface area contributed by atoms with Crippen molar-refractivity contribution in [2.45, 2.75) is 84.5 Å². The van der Waals surface area contributed by atoms with Gasteiger partial charge in [-0.1, -0.05) is 53.5 Å². The van der Waals surface area contributed by atoms with E-state index in [2.05, 4.69) is 43.9 Å². The molecule has 1 fully saturated rings. The van der Waals surface area contributed by atoms with Crippen molar-refractivity contribution in [1.82, 2.24) is 4.90 Å². The van der Waals surface area contributed by atoms with E-state index in [9.17, 15) is 0 Å². The molecule has 0 aromatic heterocycles. The number of piperidine rings is 1. The van der Waals surface area contributed by atoms with Gasteiger partial charge in [-0.05, 0) is 85.8 Å². The molecule has 1 aliphatic heterocycles. The van der Waals surface area contributed by atoms with Gasteiger partial charge in [-0.25, -0.2) is 0 Å². The Balaban J connectivity index is 0.00000117. The second kappa shape index (κ2) is 9.78. The van der Waals surface area contributed by atoms with Crippen LogP contribution in [0.1, 0.15) is 90.2 Å². The molecule has 3 rings (SSSR count). The summed E-state index contributed by atoms with van der Waals surface area (Å²) in [6.45, 7) is 15.0. The van der Waals surface area contributed by atoms with Crippen LogP contribution in [0.3, 0.4) is 0 Å². The number of fused-ring (bicyclic) bond motifs is 1. The molecule has 1 aromatic carbocycles. The zero-order chi connectivity index (χ0) is 19.2. The molecule has 0 spiro atoms. The van der Waals surface area contributed by atoms with Crippen molar-refractivity contribution < 1.29 is 4.74 Å². The van der Waals surface area contributed by atoms with Gasteiger partial charge < -0.3 is 9.64 Å². The lowest BCUT2D eigenvalue weighted by Gasteiger charge is -2.35. The Labute approximate surface area is 162 Å². The summed E-state index contributed by atoms with van der Waals surface area (Å²) >= 11 is 0. The number of hydrogen-bond donors (Lipinski definition) is 0. The maximum absolute atomic E-state index is 5.51. The highest BCUT2D eigenvalue weighted by atomic mass is 16.5. The van der Waals surface area contributed by atoms with E-state index in [4.69, 9.17) is 4.74 Å². The van der Waals surface area contributed by atoms with E-state index in [1.807, 2.05) is 13.8 Å². The average Bonchev–Trinajstić information content (AvgIpc) is 2.94. The van der Waals surface area contributed by atoms with Crippen LogP contribution in [0.5, 0.6) is 5.75 Å². The van der Waals surface area contributed by atoms with Crippen molar-refractivity contribution in [2.75, 3.05) is 26.7 Å². The Hall–Kier alpha value is -1.02. The molecule has 0 N–H and O–H groups in total. The monoisotopic (exact) mass is 359 g/mol. The van der Waals surface area contributed by atoms with Crippen molar-refractivity contribution in [3.05, 3.63) is 29.3 Å². The van der Waals surface area contributed by atoms with E-state index >= 15 is 0 Å². The number of ether oxygens (including phenoxy) is 1. The van der Waals surface area contributed by atoms with Gasteiger partial charge in [0.05, 0.1) is 7.11 Å². The fraction of sp³-hybridized carbons (Fsp3) is 0.750. The smallest absolute Gasteiger partial charge is 0.119 e. The van der Waals surface area contributed by atoms with Gasteiger partial charge in [0.15, 0.2) is 0 Å². The van der Waals surface area contributed by atoms with E-state index < -0.39 is 0 Å². The van der Waals surface area contributed by atoms with Gasteiger partial charge in [0.2, 0.25) is 0 Å². The van der Waals surface area contributed by atoms with Crippen molar-refractivity contribution >= 4 is 0 Å². The van der Waals surface area contributed by atoms with E-state index in [0.717, 1.165) is 17.6 Å². The summed E-state index contributed by atoms with van der Waals surface area (Å²) in [5.41, 5.74) is 3.44. The molecule has 1 saturated heterocycles. The fourth-order valence-corrected chi connectivity index (χ4v) is 4.95. The number of likely N-dealkylation sites (tertiary alicyclic amines) is 1. The van der Waals surface area contributed by atoms with Crippen LogP contribution in [0.15, 0.2) is 18.2 Å². The molecule has 1 heterocycles. The lowest BCUT2D eigenvalue weighted by Crippen LogP contribution is -2.36. The molecule has 26 heavy (non-hydrogen) atoms. The summed E-state index contributed by atoms with van der Waals surface area (Å²) in [7, 11) is 1.78. The largest absolute Gasteiger partial charge is 0.497 e. The van der Waals surface area contributed by atoms with Gasteiger partial charge in [0.1, 0.15) is 5.75 Å². The summed E-state index contributed by atoms with van der Waals surface area (Å²) in [5.74, 6) is 2.59. The number of benzene rings is 1. The van der Waals surface area contributed by atoms with Gasteiger partial charge in [0.25, 0.3) is 0 Å². The Bertz CT molecular complexity index is 543. The van der Waals surface area contributed by atoms with Crippen LogP contribution >= 0.6 is 0 Å². The minimum Gasteiger partial charge on any atom is -0.497 e. The van der Waals surface area contributed by atoms with E-state index in [1.54, 1.807) is 18.2 Å². The number of rotatable bonds is 6. The maximum Gasteiger partial charge on any atom is 0.119 e. The molecule has 2 heteroatoms. The van der Waals surface area contributed by atoms with Crippen molar-refractivity contribution in [2.24, 2.45) is 5.92 Å². The highest BCUT2D eigenvalue weighted by Crippen LogP contribution is 2.51. The molecule has 1 unspecified atom stereocenters. The highest BCUT2D eigenvalue weighted by Gasteiger charge is 2.41. The van der Waals surface area contributed by atoms with Crippen LogP contribution in [0.25, 0.3) is 0 Å². The summed E-state index contributed by atoms with van der Waals surface area (Å²) in [6.07, 6.45) is 8.11. The molecule has 1 atom stereocenters. The van der Waals surface area contributed by atoms with Gasteiger partial charge in [0, 0.05) is 0 Å². The third-order valence-electron chi connectivity index (χ3n) is 6.40. The molecule has 148 valence electrons. The van der Waals surface area contributed by atoms with Crippen LogP contribution < -0.4 is 4.74 Å². The average molecular weight is 360 g/mol. The topological polar surface area (TPSA) is 12.5 Å². The third-order valence-corrected chi connectivity index (χ3v) is 6.40. The fourth-order valence-electron chi connectivity index (χ4n) is 4.95. The molecule has 0 amide bonds. The third kappa shape index (κ3) is 4.82. The summed E-state index contributed by atoms with van der Waals surface area (Å²) < 4.78 is 5.51. The zero-order valence-corrected chi connectivity index (χ0v) is 18.1. The summed E-state index contributed by atoms with van der Waals surface area (Å²) in [6, 6.07) is 6.77. The Kier molecular flexibility index (Phi) is 8.01. The van der Waals surface area contributed by atoms with E-state index in [0.29, 0.717) is 5.41 Å². The molecule has 0 saturated carbocycles. The Morgan fingerprint density at radius 1 is 1.12 bits per heavy atom. The second-order valence-electron chi connectivity index (χ2n) is 8.53. The molecule has 0 radical (unpaired) electrons. The van der Waals surface area contributed by atoms with Crippen LogP contribution in [-0.2, 0) is 5.41 Å². The molecule has 2 nitrogen and oxygen atoms in total. The van der Waals surface area contributed by atoms with Crippen molar-refractivity contribution in [3.8, 4) is 5.75 Å². The maximum atomic E-state index is 5.51.